The first kappa shape index (κ1) is 24.5. The van der Waals surface area contributed by atoms with Gasteiger partial charge in [-0.2, -0.15) is 0 Å². The van der Waals surface area contributed by atoms with E-state index in [2.05, 4.69) is 0 Å². The summed E-state index contributed by atoms with van der Waals surface area (Å²) >= 11 is 0. The lowest BCUT2D eigenvalue weighted by Crippen LogP contribution is -2.57. The Labute approximate surface area is 207 Å². The average Bonchev–Trinajstić information content (AvgIpc) is 2.83. The maximum absolute atomic E-state index is 12.0. The van der Waals surface area contributed by atoms with E-state index in [-0.39, 0.29) is 24.8 Å². The number of aryl methyl sites for hydroxylation is 2. The van der Waals surface area contributed by atoms with Crippen LogP contribution < -0.4 is 14.0 Å². The predicted molar refractivity (Wildman–Crippen MR) is 136 cm³/mol. The van der Waals surface area contributed by atoms with Crippen LogP contribution in [0.3, 0.4) is 0 Å². The quantitative estimate of drug-likeness (QED) is 0.397. The molecule has 7 heteroatoms. The second kappa shape index (κ2) is 9.96. The van der Waals surface area contributed by atoms with E-state index in [1.165, 1.54) is 14.2 Å². The predicted octanol–water partition coefficient (Wildman–Crippen LogP) is 4.08. The normalized spacial score (nSPS) is 13.7. The van der Waals surface area contributed by atoms with Crippen LogP contribution in [0, 0.1) is 13.8 Å². The van der Waals surface area contributed by atoms with Gasteiger partial charge in [0.1, 0.15) is 11.5 Å². The first-order chi connectivity index (χ1) is 16.7. The van der Waals surface area contributed by atoms with E-state index in [9.17, 15) is 9.59 Å². The lowest BCUT2D eigenvalue weighted by Gasteiger charge is -2.34. The molecule has 0 atom stereocenters. The van der Waals surface area contributed by atoms with E-state index < -0.39 is 8.56 Å². The molecule has 35 heavy (non-hydrogen) atoms. The molecule has 3 aromatic carbocycles. The minimum absolute atomic E-state index is 0.183. The van der Waals surface area contributed by atoms with Crippen LogP contribution in [0.2, 0.25) is 6.55 Å². The minimum Gasteiger partial charge on any atom is -0.508 e. The summed E-state index contributed by atoms with van der Waals surface area (Å²) in [7, 11) is -0.175. The highest BCUT2D eigenvalue weighted by Gasteiger charge is 2.42. The zero-order valence-electron chi connectivity index (χ0n) is 20.8. The van der Waals surface area contributed by atoms with Gasteiger partial charge in [0.25, 0.3) is 0 Å². The molecular formula is C28H30O6Si. The van der Waals surface area contributed by atoms with Crippen molar-refractivity contribution in [2.24, 2.45) is 0 Å². The summed E-state index contributed by atoms with van der Waals surface area (Å²) in [5.74, 6) is 0.968. The van der Waals surface area contributed by atoms with Gasteiger partial charge in [-0.3, -0.25) is 9.59 Å². The highest BCUT2D eigenvalue weighted by molar-refractivity contribution is 6.81. The van der Waals surface area contributed by atoms with E-state index in [4.69, 9.17) is 18.3 Å². The molecule has 0 amide bonds. The fourth-order valence-electron chi connectivity index (χ4n) is 4.57. The van der Waals surface area contributed by atoms with Crippen LogP contribution >= 0.6 is 0 Å². The van der Waals surface area contributed by atoms with Crippen LogP contribution in [-0.2, 0) is 38.3 Å². The van der Waals surface area contributed by atoms with Crippen LogP contribution in [0.1, 0.15) is 33.4 Å². The summed E-state index contributed by atoms with van der Waals surface area (Å²) in [4.78, 5) is 24.0. The Kier molecular flexibility index (Phi) is 6.98. The maximum Gasteiger partial charge on any atom is 0.492 e. The zero-order chi connectivity index (χ0) is 25.2. The molecule has 0 spiro atoms. The first-order valence-electron chi connectivity index (χ1n) is 11.5. The van der Waals surface area contributed by atoms with Gasteiger partial charge in [0, 0.05) is 18.2 Å². The Morgan fingerprint density at radius 1 is 0.800 bits per heavy atom. The molecule has 0 aliphatic carbocycles. The number of fused-ring (bicyclic) bond motifs is 2. The van der Waals surface area contributed by atoms with E-state index in [0.29, 0.717) is 6.42 Å². The molecule has 182 valence electrons. The number of rotatable bonds is 5. The largest absolute Gasteiger partial charge is 0.508 e. The van der Waals surface area contributed by atoms with E-state index in [1.54, 1.807) is 0 Å². The molecule has 4 rings (SSSR count). The van der Waals surface area contributed by atoms with Crippen molar-refractivity contribution in [3.63, 3.8) is 0 Å². The zero-order valence-corrected chi connectivity index (χ0v) is 21.8. The number of methoxy groups -OCH3 is 2. The molecule has 1 aliphatic heterocycles. The fraction of sp³-hybridized carbons (Fsp3) is 0.286. The average molecular weight is 491 g/mol. The lowest BCUT2D eigenvalue weighted by atomic mass is 9.94. The second-order valence-electron chi connectivity index (χ2n) is 9.00. The number of carbonyl (C=O) groups excluding carboxylic acids is 2. The monoisotopic (exact) mass is 490 g/mol. The number of hydrogen-bond donors (Lipinski definition) is 0. The van der Waals surface area contributed by atoms with Gasteiger partial charge in [0.05, 0.1) is 27.1 Å². The van der Waals surface area contributed by atoms with Crippen LogP contribution in [-0.4, -0.2) is 34.7 Å². The molecule has 1 aliphatic rings. The third kappa shape index (κ3) is 5.25. The van der Waals surface area contributed by atoms with Crippen molar-refractivity contribution in [2.75, 3.05) is 14.2 Å². The maximum atomic E-state index is 12.0. The van der Waals surface area contributed by atoms with Crippen molar-refractivity contribution in [3.8, 4) is 11.5 Å². The van der Waals surface area contributed by atoms with Crippen molar-refractivity contribution >= 4 is 25.7 Å². The highest BCUT2D eigenvalue weighted by atomic mass is 28.4. The Hall–Kier alpha value is -3.58. The van der Waals surface area contributed by atoms with Crippen LogP contribution in [0.5, 0.6) is 11.5 Å². The van der Waals surface area contributed by atoms with E-state index >= 15 is 0 Å². The van der Waals surface area contributed by atoms with Crippen LogP contribution in [0.25, 0.3) is 0 Å². The highest BCUT2D eigenvalue weighted by Crippen LogP contribution is 2.38. The number of ether oxygens (including phenoxy) is 2. The Morgan fingerprint density at radius 2 is 1.26 bits per heavy atom. The summed E-state index contributed by atoms with van der Waals surface area (Å²) in [6, 6.07) is 18.0. The molecule has 0 aromatic heterocycles. The van der Waals surface area contributed by atoms with Gasteiger partial charge in [-0.25, -0.2) is 0 Å². The molecule has 3 aromatic rings. The van der Waals surface area contributed by atoms with Crippen molar-refractivity contribution in [1.29, 1.82) is 0 Å². The van der Waals surface area contributed by atoms with Crippen LogP contribution in [0.4, 0.5) is 0 Å². The molecule has 6 nitrogen and oxygen atoms in total. The first-order valence-corrected chi connectivity index (χ1v) is 13.9. The van der Waals surface area contributed by atoms with Crippen LogP contribution in [0.15, 0.2) is 54.6 Å². The van der Waals surface area contributed by atoms with Crippen molar-refractivity contribution in [1.82, 2.24) is 0 Å². The molecule has 0 saturated carbocycles. The molecule has 0 bridgehead atoms. The minimum atomic E-state index is -2.96. The number of carbonyl (C=O) groups is 2. The number of benzene rings is 3. The van der Waals surface area contributed by atoms with Gasteiger partial charge < -0.3 is 18.3 Å². The topological polar surface area (TPSA) is 71.1 Å². The number of hydrogen-bond acceptors (Lipinski definition) is 6. The molecule has 1 heterocycles. The SMILES string of the molecule is COC(=O)Cc1cc(C)c2c(c1)Cc1cc(CC(=O)OC)cc(C)c1O[Si](C)(c1ccccc1)O2. The summed E-state index contributed by atoms with van der Waals surface area (Å²) < 4.78 is 23.3. The molecular weight excluding hydrogens is 460 g/mol. The van der Waals surface area contributed by atoms with E-state index in [0.717, 1.165) is 50.1 Å². The van der Waals surface area contributed by atoms with Crippen molar-refractivity contribution in [3.05, 3.63) is 88.0 Å². The van der Waals surface area contributed by atoms with Crippen molar-refractivity contribution in [2.45, 2.75) is 39.7 Å². The van der Waals surface area contributed by atoms with Gasteiger partial charge in [-0.1, -0.05) is 54.6 Å². The molecule has 0 N–H and O–H groups in total. The summed E-state index contributed by atoms with van der Waals surface area (Å²) in [6.07, 6.45) is 0.904. The summed E-state index contributed by atoms with van der Waals surface area (Å²) in [5, 5.41) is 1.01. The Morgan fingerprint density at radius 3 is 1.69 bits per heavy atom. The Balaban J connectivity index is 1.90. The summed E-state index contributed by atoms with van der Waals surface area (Å²) in [6.45, 7) is 6.02. The molecule has 0 radical (unpaired) electrons. The summed E-state index contributed by atoms with van der Waals surface area (Å²) in [5.41, 5.74) is 5.54. The fourth-order valence-corrected chi connectivity index (χ4v) is 7.01. The second-order valence-corrected chi connectivity index (χ2v) is 11.9. The Bertz CT molecular complexity index is 1190. The third-order valence-corrected chi connectivity index (χ3v) is 8.82. The van der Waals surface area contributed by atoms with E-state index in [1.807, 2.05) is 75.0 Å². The van der Waals surface area contributed by atoms with Gasteiger partial charge in [-0.15, -0.1) is 0 Å². The van der Waals surface area contributed by atoms with Gasteiger partial charge in [-0.05, 0) is 47.2 Å². The smallest absolute Gasteiger partial charge is 0.492 e. The van der Waals surface area contributed by atoms with Gasteiger partial charge in [0.15, 0.2) is 0 Å². The third-order valence-electron chi connectivity index (χ3n) is 6.25. The lowest BCUT2D eigenvalue weighted by molar-refractivity contribution is -0.140. The van der Waals surface area contributed by atoms with Gasteiger partial charge >= 0.3 is 20.5 Å². The molecule has 0 unspecified atom stereocenters. The van der Waals surface area contributed by atoms with Gasteiger partial charge in [0.2, 0.25) is 0 Å². The molecule has 0 fully saturated rings. The standard InChI is InChI=1S/C28H30O6Si/c1-18-11-20(15-25(29)31-3)13-22-17-23-14-21(16-26(30)32-4)12-19(2)28(23)34-35(5,33-27(18)22)24-9-7-6-8-10-24/h6-14H,15-17H2,1-5H3. The molecule has 0 saturated heterocycles. The van der Waals surface area contributed by atoms with Crippen molar-refractivity contribution < 1.29 is 27.9 Å². The number of esters is 2.